The second-order valence-corrected chi connectivity index (χ2v) is 3.33. The van der Waals surface area contributed by atoms with Gasteiger partial charge in [-0.2, -0.15) is 0 Å². The Labute approximate surface area is 54.7 Å². The van der Waals surface area contributed by atoms with Gasteiger partial charge < -0.3 is 5.11 Å². The van der Waals surface area contributed by atoms with Crippen LogP contribution in [0.25, 0.3) is 0 Å². The molecule has 2 heteroatoms. The van der Waals surface area contributed by atoms with Gasteiger partial charge in [-0.1, -0.05) is 6.92 Å². The van der Waals surface area contributed by atoms with E-state index in [9.17, 15) is 0 Å². The third kappa shape index (κ3) is 0.981. The highest BCUT2D eigenvalue weighted by molar-refractivity contribution is 6.23. The Bertz CT molecular complexity index is 94.5. The van der Waals surface area contributed by atoms with Crippen molar-refractivity contribution in [2.45, 2.75) is 25.1 Å². The Hall–Kier alpha value is 0.250. The first-order chi connectivity index (χ1) is 3.69. The van der Waals surface area contributed by atoms with Crippen LogP contribution in [0, 0.1) is 5.41 Å². The van der Waals surface area contributed by atoms with Crippen molar-refractivity contribution >= 4 is 11.6 Å². The second kappa shape index (κ2) is 1.89. The zero-order chi connectivity index (χ0) is 6.20. The molecule has 1 rings (SSSR count). The monoisotopic (exact) mass is 134 g/mol. The van der Waals surface area contributed by atoms with Crippen LogP contribution < -0.4 is 0 Å². The largest absolute Gasteiger partial charge is 0.396 e. The molecule has 1 N–H and O–H groups in total. The minimum atomic E-state index is 0.274. The molecule has 0 saturated heterocycles. The Kier molecular flexibility index (Phi) is 1.50. The Morgan fingerprint density at radius 2 is 2.38 bits per heavy atom. The molecule has 0 bridgehead atoms. The van der Waals surface area contributed by atoms with Gasteiger partial charge in [0.15, 0.2) is 0 Å². The molecule has 0 heterocycles. The molecule has 0 aromatic heterocycles. The normalized spacial score (nSPS) is 44.6. The van der Waals surface area contributed by atoms with E-state index in [1.165, 1.54) is 0 Å². The van der Waals surface area contributed by atoms with Gasteiger partial charge in [0.2, 0.25) is 0 Å². The van der Waals surface area contributed by atoms with Crippen LogP contribution in [0.15, 0.2) is 0 Å². The predicted molar refractivity (Wildman–Crippen MR) is 34.1 cm³/mol. The average Bonchev–Trinajstić information content (AvgIpc) is 2.16. The molecule has 48 valence electrons. The second-order valence-electron chi connectivity index (χ2n) is 2.80. The van der Waals surface area contributed by atoms with Crippen LogP contribution in [0.2, 0.25) is 0 Å². The summed E-state index contributed by atoms with van der Waals surface area (Å²) in [6.07, 6.45) is 1.94. The molecule has 0 spiro atoms. The predicted octanol–water partition coefficient (Wildman–Crippen LogP) is 1.39. The Morgan fingerprint density at radius 1 is 1.88 bits per heavy atom. The summed E-state index contributed by atoms with van der Waals surface area (Å²) in [4.78, 5) is 0. The van der Waals surface area contributed by atoms with Crippen molar-refractivity contribution in [2.75, 3.05) is 6.61 Å². The summed E-state index contributed by atoms with van der Waals surface area (Å²) in [5, 5.41) is 8.83. The van der Waals surface area contributed by atoms with Gasteiger partial charge in [-0.15, -0.1) is 11.6 Å². The van der Waals surface area contributed by atoms with Gasteiger partial charge in [-0.3, -0.25) is 0 Å². The molecule has 1 aliphatic carbocycles. The SMILES string of the molecule is CC1(CCO)CC1Cl. The number of hydrogen-bond donors (Lipinski definition) is 1. The first kappa shape index (κ1) is 6.37. The summed E-state index contributed by atoms with van der Waals surface area (Å²) in [5.74, 6) is 0. The lowest BCUT2D eigenvalue weighted by molar-refractivity contribution is 0.256. The van der Waals surface area contributed by atoms with Crippen molar-refractivity contribution < 1.29 is 5.11 Å². The minimum absolute atomic E-state index is 0.274. The fraction of sp³-hybridized carbons (Fsp3) is 1.00. The fourth-order valence-corrected chi connectivity index (χ4v) is 1.33. The van der Waals surface area contributed by atoms with Gasteiger partial charge >= 0.3 is 0 Å². The highest BCUT2D eigenvalue weighted by atomic mass is 35.5. The standard InChI is InChI=1S/C6H11ClO/c1-6(2-3-8)4-5(6)7/h5,8H,2-4H2,1H3. The van der Waals surface area contributed by atoms with Crippen LogP contribution >= 0.6 is 11.6 Å². The molecule has 0 radical (unpaired) electrons. The maximum Gasteiger partial charge on any atom is 0.0436 e. The minimum Gasteiger partial charge on any atom is -0.396 e. The summed E-state index contributed by atoms with van der Waals surface area (Å²) in [7, 11) is 0. The number of alkyl halides is 1. The fourth-order valence-electron chi connectivity index (χ4n) is 0.865. The van der Waals surface area contributed by atoms with E-state index < -0.39 is 0 Å². The molecule has 0 aliphatic heterocycles. The average molecular weight is 135 g/mol. The first-order valence-corrected chi connectivity index (χ1v) is 3.37. The maximum atomic E-state index is 8.50. The van der Waals surface area contributed by atoms with Gasteiger partial charge in [0, 0.05) is 12.0 Å². The molecular formula is C6H11ClO. The molecule has 2 unspecified atom stereocenters. The molecular weight excluding hydrogens is 124 g/mol. The van der Waals surface area contributed by atoms with Crippen molar-refractivity contribution in [3.63, 3.8) is 0 Å². The van der Waals surface area contributed by atoms with E-state index >= 15 is 0 Å². The van der Waals surface area contributed by atoms with Gasteiger partial charge in [0.05, 0.1) is 0 Å². The number of aliphatic hydroxyl groups excluding tert-OH is 1. The summed E-state index contributed by atoms with van der Waals surface area (Å²) in [6.45, 7) is 2.39. The van der Waals surface area contributed by atoms with Crippen LogP contribution in [-0.4, -0.2) is 17.1 Å². The van der Waals surface area contributed by atoms with Crippen LogP contribution in [-0.2, 0) is 0 Å². The van der Waals surface area contributed by atoms with Crippen LogP contribution in [0.3, 0.4) is 0 Å². The highest BCUT2D eigenvalue weighted by Gasteiger charge is 2.47. The summed E-state index contributed by atoms with van der Waals surface area (Å²) in [5.41, 5.74) is 0.274. The van der Waals surface area contributed by atoms with E-state index in [1.54, 1.807) is 0 Å². The topological polar surface area (TPSA) is 20.2 Å². The summed E-state index contributed by atoms with van der Waals surface area (Å²) in [6, 6.07) is 0. The van der Waals surface area contributed by atoms with Crippen molar-refractivity contribution in [1.82, 2.24) is 0 Å². The number of aliphatic hydroxyl groups is 1. The number of hydrogen-bond acceptors (Lipinski definition) is 1. The lowest BCUT2D eigenvalue weighted by atomic mass is 10.1. The van der Waals surface area contributed by atoms with Gasteiger partial charge in [-0.25, -0.2) is 0 Å². The van der Waals surface area contributed by atoms with Crippen molar-refractivity contribution in [3.05, 3.63) is 0 Å². The van der Waals surface area contributed by atoms with Crippen molar-refractivity contribution in [2.24, 2.45) is 5.41 Å². The molecule has 1 nitrogen and oxygen atoms in total. The molecule has 1 fully saturated rings. The zero-order valence-electron chi connectivity index (χ0n) is 5.02. The van der Waals surface area contributed by atoms with Crippen LogP contribution in [0.4, 0.5) is 0 Å². The zero-order valence-corrected chi connectivity index (χ0v) is 5.78. The van der Waals surface area contributed by atoms with Crippen molar-refractivity contribution in [1.29, 1.82) is 0 Å². The molecule has 0 aromatic rings. The maximum absolute atomic E-state index is 8.50. The van der Waals surface area contributed by atoms with Gasteiger partial charge in [0.25, 0.3) is 0 Å². The number of halogens is 1. The molecule has 0 aromatic carbocycles. The summed E-state index contributed by atoms with van der Waals surface area (Å²) < 4.78 is 0. The first-order valence-electron chi connectivity index (χ1n) is 2.94. The van der Waals surface area contributed by atoms with E-state index in [0.29, 0.717) is 5.38 Å². The Morgan fingerprint density at radius 3 is 2.50 bits per heavy atom. The quantitative estimate of drug-likeness (QED) is 0.566. The highest BCUT2D eigenvalue weighted by Crippen LogP contribution is 2.52. The molecule has 1 aliphatic rings. The van der Waals surface area contributed by atoms with E-state index in [4.69, 9.17) is 16.7 Å². The van der Waals surface area contributed by atoms with E-state index in [1.807, 2.05) is 0 Å². The number of rotatable bonds is 2. The third-order valence-corrected chi connectivity index (χ3v) is 2.61. The lowest BCUT2D eigenvalue weighted by Crippen LogP contribution is -1.99. The van der Waals surface area contributed by atoms with Crippen LogP contribution in [0.1, 0.15) is 19.8 Å². The Balaban J connectivity index is 2.25. The van der Waals surface area contributed by atoms with Crippen LogP contribution in [0.5, 0.6) is 0 Å². The lowest BCUT2D eigenvalue weighted by Gasteiger charge is -2.02. The third-order valence-electron chi connectivity index (χ3n) is 1.92. The van der Waals surface area contributed by atoms with E-state index in [0.717, 1.165) is 12.8 Å². The van der Waals surface area contributed by atoms with Gasteiger partial charge in [0.1, 0.15) is 0 Å². The molecule has 0 amide bonds. The molecule has 2 atom stereocenters. The van der Waals surface area contributed by atoms with Crippen molar-refractivity contribution in [3.8, 4) is 0 Å². The molecule has 8 heavy (non-hydrogen) atoms. The smallest absolute Gasteiger partial charge is 0.0436 e. The van der Waals surface area contributed by atoms with Gasteiger partial charge in [-0.05, 0) is 18.3 Å². The molecule has 1 saturated carbocycles. The van der Waals surface area contributed by atoms with E-state index in [-0.39, 0.29) is 12.0 Å². The van der Waals surface area contributed by atoms with E-state index in [2.05, 4.69) is 6.92 Å². The summed E-state index contributed by atoms with van der Waals surface area (Å²) >= 11 is 5.76.